The number of hydrogen-bond donors (Lipinski definition) is 1. The maximum Gasteiger partial charge on any atom is 0.335 e. The second-order valence-corrected chi connectivity index (χ2v) is 9.57. The van der Waals surface area contributed by atoms with E-state index in [2.05, 4.69) is 20.9 Å². The first-order valence-corrected chi connectivity index (χ1v) is 12.7. The third kappa shape index (κ3) is 5.80. The van der Waals surface area contributed by atoms with Gasteiger partial charge in [-0.05, 0) is 66.2 Å². The number of likely N-dealkylation sites (N-methyl/N-ethyl adjacent to an activating group) is 1. The van der Waals surface area contributed by atoms with Crippen LogP contribution in [-0.2, 0) is 11.4 Å². The van der Waals surface area contributed by atoms with Gasteiger partial charge in [-0.1, -0.05) is 52.3 Å². The lowest BCUT2D eigenvalue weighted by atomic mass is 10.1. The van der Waals surface area contributed by atoms with Crippen LogP contribution in [0.15, 0.2) is 81.1 Å². The van der Waals surface area contributed by atoms with E-state index >= 15 is 0 Å². The van der Waals surface area contributed by atoms with E-state index in [4.69, 9.17) is 9.47 Å². The molecule has 0 bridgehead atoms. The van der Waals surface area contributed by atoms with Crippen molar-refractivity contribution in [1.82, 2.24) is 4.90 Å². The number of hydrogen-bond acceptors (Lipinski definition) is 6. The van der Waals surface area contributed by atoms with Crippen LogP contribution in [-0.4, -0.2) is 40.7 Å². The Morgan fingerprint density at radius 3 is 2.58 bits per heavy atom. The summed E-state index contributed by atoms with van der Waals surface area (Å²) in [5, 5.41) is 9.73. The van der Waals surface area contributed by atoms with Crippen molar-refractivity contribution >= 4 is 56.5 Å². The molecular formula is C27H23BrN2O5S. The summed E-state index contributed by atoms with van der Waals surface area (Å²) in [5.74, 6) is -0.0827. The molecule has 0 saturated carbocycles. The highest BCUT2D eigenvalue weighted by molar-refractivity contribution is 9.10. The highest BCUT2D eigenvalue weighted by Crippen LogP contribution is 2.39. The number of aliphatic imine (C=N–C) groups is 1. The molecule has 1 N–H and O–H groups in total. The molecule has 1 aliphatic heterocycles. The van der Waals surface area contributed by atoms with Crippen LogP contribution in [0.3, 0.4) is 0 Å². The fourth-order valence-electron chi connectivity index (χ4n) is 3.50. The number of methoxy groups -OCH3 is 1. The standard InChI is InChI=1S/C27H23BrN2O5S/c1-3-30-25(31)24(36-27(30)29-20-11-7-10-18(12-20)26(32)33)14-19-13-22(34-2)23(15-21(19)28)35-16-17-8-5-4-6-9-17/h4-15H,3,16H2,1-2H3,(H,32,33). The molecule has 3 aromatic carbocycles. The molecule has 9 heteroatoms. The van der Waals surface area contributed by atoms with Crippen LogP contribution in [0.1, 0.15) is 28.4 Å². The summed E-state index contributed by atoms with van der Waals surface area (Å²) < 4.78 is 12.3. The lowest BCUT2D eigenvalue weighted by Gasteiger charge is -2.13. The summed E-state index contributed by atoms with van der Waals surface area (Å²) in [6, 6.07) is 19.8. The molecule has 36 heavy (non-hydrogen) atoms. The van der Waals surface area contributed by atoms with Gasteiger partial charge < -0.3 is 14.6 Å². The number of halogens is 1. The number of benzene rings is 3. The summed E-state index contributed by atoms with van der Waals surface area (Å²) in [4.78, 5) is 31.0. The third-order valence-electron chi connectivity index (χ3n) is 5.33. The Labute approximate surface area is 221 Å². The summed E-state index contributed by atoms with van der Waals surface area (Å²) in [6.07, 6.45) is 1.78. The number of nitrogens with zero attached hydrogens (tertiary/aromatic N) is 2. The van der Waals surface area contributed by atoms with E-state index in [1.54, 1.807) is 30.2 Å². The van der Waals surface area contributed by atoms with E-state index in [0.29, 0.717) is 40.4 Å². The van der Waals surface area contributed by atoms with Crippen LogP contribution in [0, 0.1) is 0 Å². The number of carbonyl (C=O) groups excluding carboxylic acids is 1. The van der Waals surface area contributed by atoms with E-state index in [1.807, 2.05) is 49.4 Å². The molecule has 1 saturated heterocycles. The van der Waals surface area contributed by atoms with Crippen LogP contribution < -0.4 is 9.47 Å². The molecule has 0 aromatic heterocycles. The SMILES string of the molecule is CCN1C(=O)C(=Cc2cc(OC)c(OCc3ccccc3)cc2Br)SC1=Nc1cccc(C(=O)O)c1. The second kappa shape index (κ2) is 11.5. The number of carboxylic acid groups (broad SMARTS) is 1. The quantitative estimate of drug-likeness (QED) is 0.319. The largest absolute Gasteiger partial charge is 0.493 e. The number of amides is 1. The van der Waals surface area contributed by atoms with Crippen molar-refractivity contribution in [2.24, 2.45) is 4.99 Å². The number of carboxylic acids is 1. The molecule has 184 valence electrons. The zero-order valence-electron chi connectivity index (χ0n) is 19.6. The van der Waals surface area contributed by atoms with Gasteiger partial charge in [0.15, 0.2) is 16.7 Å². The van der Waals surface area contributed by atoms with Crippen molar-refractivity contribution < 1.29 is 24.2 Å². The zero-order valence-corrected chi connectivity index (χ0v) is 22.0. The van der Waals surface area contributed by atoms with Crippen molar-refractivity contribution in [3.63, 3.8) is 0 Å². The Hall–Kier alpha value is -3.56. The normalized spacial score (nSPS) is 15.5. The summed E-state index contributed by atoms with van der Waals surface area (Å²) in [7, 11) is 1.57. The maximum absolute atomic E-state index is 13.1. The van der Waals surface area contributed by atoms with Crippen LogP contribution >= 0.6 is 27.7 Å². The lowest BCUT2D eigenvalue weighted by molar-refractivity contribution is -0.122. The van der Waals surface area contributed by atoms with Crippen molar-refractivity contribution in [1.29, 1.82) is 0 Å². The van der Waals surface area contributed by atoms with E-state index < -0.39 is 5.97 Å². The lowest BCUT2D eigenvalue weighted by Crippen LogP contribution is -2.28. The van der Waals surface area contributed by atoms with Gasteiger partial charge in [-0.3, -0.25) is 9.69 Å². The molecule has 0 radical (unpaired) electrons. The molecule has 0 atom stereocenters. The highest BCUT2D eigenvalue weighted by Gasteiger charge is 2.32. The van der Waals surface area contributed by atoms with Gasteiger partial charge in [0.25, 0.3) is 5.91 Å². The Balaban J connectivity index is 1.61. The first-order chi connectivity index (χ1) is 17.4. The zero-order chi connectivity index (χ0) is 25.7. The van der Waals surface area contributed by atoms with Gasteiger partial charge in [0.2, 0.25) is 0 Å². The van der Waals surface area contributed by atoms with Gasteiger partial charge in [-0.2, -0.15) is 0 Å². The maximum atomic E-state index is 13.1. The molecule has 1 heterocycles. The van der Waals surface area contributed by atoms with Gasteiger partial charge >= 0.3 is 5.97 Å². The molecule has 1 aliphatic rings. The minimum absolute atomic E-state index is 0.135. The van der Waals surface area contributed by atoms with Crippen molar-refractivity contribution in [3.8, 4) is 11.5 Å². The van der Waals surface area contributed by atoms with Gasteiger partial charge in [-0.25, -0.2) is 9.79 Å². The number of amidine groups is 1. The number of thioether (sulfide) groups is 1. The van der Waals surface area contributed by atoms with Crippen LogP contribution in [0.5, 0.6) is 11.5 Å². The van der Waals surface area contributed by atoms with Gasteiger partial charge in [0.1, 0.15) is 6.61 Å². The Bertz CT molecular complexity index is 1360. The molecule has 7 nitrogen and oxygen atoms in total. The summed E-state index contributed by atoms with van der Waals surface area (Å²) in [6.45, 7) is 2.69. The molecule has 0 aliphatic carbocycles. The minimum Gasteiger partial charge on any atom is -0.493 e. The Morgan fingerprint density at radius 1 is 1.11 bits per heavy atom. The molecule has 4 rings (SSSR count). The van der Waals surface area contributed by atoms with Crippen molar-refractivity contribution in [2.45, 2.75) is 13.5 Å². The first-order valence-electron chi connectivity index (χ1n) is 11.1. The van der Waals surface area contributed by atoms with Crippen LogP contribution in [0.2, 0.25) is 0 Å². The molecule has 1 fully saturated rings. The summed E-state index contributed by atoms with van der Waals surface area (Å²) >= 11 is 4.82. The van der Waals surface area contributed by atoms with Crippen molar-refractivity contribution in [2.75, 3.05) is 13.7 Å². The van der Waals surface area contributed by atoms with Gasteiger partial charge in [0.05, 0.1) is 23.3 Å². The average Bonchev–Trinajstić information content (AvgIpc) is 3.18. The predicted molar refractivity (Wildman–Crippen MR) is 145 cm³/mol. The first kappa shape index (κ1) is 25.5. The van der Waals surface area contributed by atoms with E-state index in [-0.39, 0.29) is 11.5 Å². The smallest absolute Gasteiger partial charge is 0.335 e. The highest BCUT2D eigenvalue weighted by atomic mass is 79.9. The number of carbonyl (C=O) groups is 2. The molecule has 3 aromatic rings. The fourth-order valence-corrected chi connectivity index (χ4v) is 4.99. The predicted octanol–water partition coefficient (Wildman–Crippen LogP) is 6.36. The molecule has 1 amide bonds. The van der Waals surface area contributed by atoms with Crippen molar-refractivity contribution in [3.05, 3.63) is 92.8 Å². The Kier molecular flexibility index (Phi) is 8.12. The van der Waals surface area contributed by atoms with E-state index in [0.717, 1.165) is 15.6 Å². The fraction of sp³-hybridized carbons (Fsp3) is 0.148. The average molecular weight is 567 g/mol. The minimum atomic E-state index is -1.03. The van der Waals surface area contributed by atoms with E-state index in [9.17, 15) is 14.7 Å². The van der Waals surface area contributed by atoms with Crippen LogP contribution in [0.25, 0.3) is 6.08 Å². The number of ether oxygens (including phenoxy) is 2. The Morgan fingerprint density at radius 2 is 1.89 bits per heavy atom. The number of rotatable bonds is 8. The monoisotopic (exact) mass is 566 g/mol. The van der Waals surface area contributed by atoms with Crippen LogP contribution in [0.4, 0.5) is 5.69 Å². The van der Waals surface area contributed by atoms with Gasteiger partial charge in [0, 0.05) is 11.0 Å². The second-order valence-electron chi connectivity index (χ2n) is 7.71. The molecule has 0 spiro atoms. The summed E-state index contributed by atoms with van der Waals surface area (Å²) in [5.41, 5.74) is 2.39. The molecular weight excluding hydrogens is 544 g/mol. The molecule has 0 unspecified atom stereocenters. The number of aromatic carboxylic acids is 1. The van der Waals surface area contributed by atoms with Gasteiger partial charge in [-0.15, -0.1) is 0 Å². The van der Waals surface area contributed by atoms with E-state index in [1.165, 1.54) is 23.9 Å². The third-order valence-corrected chi connectivity index (χ3v) is 7.02. The topological polar surface area (TPSA) is 88.4 Å².